The molecular weight excluding hydrogens is 439 g/mol. The van der Waals surface area contributed by atoms with E-state index < -0.39 is 0 Å². The summed E-state index contributed by atoms with van der Waals surface area (Å²) >= 11 is 0. The summed E-state index contributed by atoms with van der Waals surface area (Å²) in [5.41, 5.74) is 2.53. The van der Waals surface area contributed by atoms with Crippen molar-refractivity contribution in [2.45, 2.75) is 19.9 Å². The van der Waals surface area contributed by atoms with Crippen LogP contribution in [-0.2, 0) is 11.3 Å². The van der Waals surface area contributed by atoms with Crippen molar-refractivity contribution in [3.8, 4) is 0 Å². The summed E-state index contributed by atoms with van der Waals surface area (Å²) in [6.45, 7) is 8.68. The Morgan fingerprint density at radius 3 is 2.62 bits per heavy atom. The molecule has 0 aliphatic carbocycles. The van der Waals surface area contributed by atoms with Crippen LogP contribution in [0.15, 0.2) is 41.4 Å². The zero-order valence-electron chi connectivity index (χ0n) is 15.9. The molecule has 1 unspecified atom stereocenters. The van der Waals surface area contributed by atoms with Crippen LogP contribution in [-0.4, -0.2) is 57.3 Å². The number of methoxy groups -OCH3 is 1. The van der Waals surface area contributed by atoms with Crippen molar-refractivity contribution in [1.82, 2.24) is 10.2 Å². The molecule has 3 rings (SSSR count). The average molecular weight is 470 g/mol. The number of aliphatic imine (C=N–C) groups is 1. The molecule has 0 aromatic heterocycles. The molecule has 0 bridgehead atoms. The van der Waals surface area contributed by atoms with Crippen molar-refractivity contribution >= 4 is 35.6 Å². The van der Waals surface area contributed by atoms with E-state index >= 15 is 0 Å². The summed E-state index contributed by atoms with van der Waals surface area (Å²) in [5.74, 6) is 1.64. The largest absolute Gasteiger partial charge is 0.384 e. The van der Waals surface area contributed by atoms with Crippen LogP contribution in [0.2, 0.25) is 0 Å². The molecule has 0 saturated carbocycles. The number of nitrogens with one attached hydrogen (secondary N) is 1. The van der Waals surface area contributed by atoms with E-state index in [0.29, 0.717) is 12.5 Å². The van der Waals surface area contributed by atoms with Gasteiger partial charge in [-0.2, -0.15) is 0 Å². The number of halogens is 1. The third-order valence-corrected chi connectivity index (χ3v) is 4.85. The highest BCUT2D eigenvalue weighted by atomic mass is 127. The van der Waals surface area contributed by atoms with E-state index in [1.807, 2.05) is 0 Å². The van der Waals surface area contributed by atoms with E-state index in [0.717, 1.165) is 45.3 Å². The van der Waals surface area contributed by atoms with Crippen molar-refractivity contribution in [1.29, 1.82) is 0 Å². The minimum Gasteiger partial charge on any atom is -0.384 e. The number of hydrogen-bond donors (Lipinski definition) is 1. The first kappa shape index (κ1) is 21.0. The monoisotopic (exact) mass is 470 g/mol. The molecule has 0 spiro atoms. The lowest BCUT2D eigenvalue weighted by Crippen LogP contribution is -2.40. The van der Waals surface area contributed by atoms with Crippen LogP contribution in [0, 0.1) is 5.92 Å². The summed E-state index contributed by atoms with van der Waals surface area (Å²) in [6, 6.07) is 8.79. The number of guanidine groups is 1. The first-order valence-corrected chi connectivity index (χ1v) is 9.31. The molecule has 0 radical (unpaired) electrons. The van der Waals surface area contributed by atoms with Crippen molar-refractivity contribution in [3.05, 3.63) is 42.0 Å². The van der Waals surface area contributed by atoms with Crippen molar-refractivity contribution in [3.63, 3.8) is 0 Å². The fourth-order valence-electron chi connectivity index (χ4n) is 3.49. The Bertz CT molecular complexity index is 594. The zero-order valence-corrected chi connectivity index (χ0v) is 18.2. The second-order valence-corrected chi connectivity index (χ2v) is 6.77. The quantitative estimate of drug-likeness (QED) is 0.300. The van der Waals surface area contributed by atoms with Gasteiger partial charge in [0.1, 0.15) is 0 Å². The van der Waals surface area contributed by atoms with Gasteiger partial charge in [0, 0.05) is 51.4 Å². The third kappa shape index (κ3) is 5.61. The highest BCUT2D eigenvalue weighted by Crippen LogP contribution is 2.19. The van der Waals surface area contributed by atoms with E-state index in [1.165, 1.54) is 17.7 Å². The van der Waals surface area contributed by atoms with Gasteiger partial charge >= 0.3 is 0 Å². The van der Waals surface area contributed by atoms with Gasteiger partial charge in [-0.1, -0.05) is 24.3 Å². The number of likely N-dealkylation sites (tertiary alicyclic amines) is 1. The lowest BCUT2D eigenvalue weighted by atomic mass is 10.1. The molecular formula is C20H31IN4O. The van der Waals surface area contributed by atoms with Crippen LogP contribution >= 0.6 is 24.0 Å². The molecule has 144 valence electrons. The van der Waals surface area contributed by atoms with E-state index in [1.54, 1.807) is 7.11 Å². The van der Waals surface area contributed by atoms with E-state index in [4.69, 9.17) is 9.73 Å². The van der Waals surface area contributed by atoms with Crippen molar-refractivity contribution in [2.75, 3.05) is 51.3 Å². The number of rotatable bonds is 6. The van der Waals surface area contributed by atoms with Crippen LogP contribution < -0.4 is 10.2 Å². The van der Waals surface area contributed by atoms with Gasteiger partial charge in [0.25, 0.3) is 0 Å². The topological polar surface area (TPSA) is 40.1 Å². The molecule has 26 heavy (non-hydrogen) atoms. The van der Waals surface area contributed by atoms with Crippen LogP contribution in [0.5, 0.6) is 0 Å². The van der Waals surface area contributed by atoms with E-state index in [2.05, 4.69) is 58.5 Å². The minimum absolute atomic E-state index is 0. The predicted octanol–water partition coefficient (Wildman–Crippen LogP) is 3.11. The molecule has 1 fully saturated rings. The summed E-state index contributed by atoms with van der Waals surface area (Å²) < 4.78 is 5.30. The summed E-state index contributed by atoms with van der Waals surface area (Å²) in [6.07, 6.45) is 5.61. The van der Waals surface area contributed by atoms with Gasteiger partial charge in [-0.25, -0.2) is 4.99 Å². The molecule has 1 saturated heterocycles. The summed E-state index contributed by atoms with van der Waals surface area (Å²) in [4.78, 5) is 9.57. The molecule has 2 aliphatic heterocycles. The van der Waals surface area contributed by atoms with Gasteiger partial charge in [0.05, 0.1) is 13.2 Å². The molecule has 1 aromatic carbocycles. The molecule has 1 N–H and O–H groups in total. The predicted molar refractivity (Wildman–Crippen MR) is 120 cm³/mol. The first-order chi connectivity index (χ1) is 12.3. The van der Waals surface area contributed by atoms with Crippen LogP contribution in [0.1, 0.15) is 18.9 Å². The van der Waals surface area contributed by atoms with E-state index in [9.17, 15) is 0 Å². The fourth-order valence-corrected chi connectivity index (χ4v) is 3.49. The Morgan fingerprint density at radius 1 is 1.23 bits per heavy atom. The Hall–Kier alpha value is -1.28. The lowest BCUT2D eigenvalue weighted by Gasteiger charge is -2.22. The van der Waals surface area contributed by atoms with Gasteiger partial charge in [-0.15, -0.1) is 24.0 Å². The number of ether oxygens (including phenoxy) is 1. The maximum atomic E-state index is 5.30. The smallest absolute Gasteiger partial charge is 0.194 e. The van der Waals surface area contributed by atoms with E-state index in [-0.39, 0.29) is 24.0 Å². The SMILES string of the molecule is CCNC(=NCc1ccc(N2CC=CC2)cc1)N1CCC(COC)C1.I. The normalized spacial score (nSPS) is 19.8. The maximum absolute atomic E-state index is 5.30. The third-order valence-electron chi connectivity index (χ3n) is 4.85. The second-order valence-electron chi connectivity index (χ2n) is 6.77. The van der Waals surface area contributed by atoms with Gasteiger partial charge in [-0.3, -0.25) is 0 Å². The molecule has 1 aromatic rings. The Balaban J connectivity index is 0.00000243. The molecule has 2 heterocycles. The average Bonchev–Trinajstić information content (AvgIpc) is 3.31. The van der Waals surface area contributed by atoms with Gasteiger partial charge in [0.15, 0.2) is 5.96 Å². The number of benzene rings is 1. The Labute approximate surface area is 174 Å². The fraction of sp³-hybridized carbons (Fsp3) is 0.550. The highest BCUT2D eigenvalue weighted by Gasteiger charge is 2.24. The lowest BCUT2D eigenvalue weighted by molar-refractivity contribution is 0.157. The highest BCUT2D eigenvalue weighted by molar-refractivity contribution is 14.0. The molecule has 6 heteroatoms. The van der Waals surface area contributed by atoms with Crippen LogP contribution in [0.3, 0.4) is 0 Å². The van der Waals surface area contributed by atoms with Crippen LogP contribution in [0.4, 0.5) is 5.69 Å². The standard InChI is InChI=1S/C20H30N4O.HI/c1-3-21-20(24-13-10-18(15-24)16-25-2)22-14-17-6-8-19(9-7-17)23-11-4-5-12-23;/h4-9,18H,3,10-16H2,1-2H3,(H,21,22);1H. The van der Waals surface area contributed by atoms with Crippen molar-refractivity contribution in [2.24, 2.45) is 10.9 Å². The molecule has 0 amide bonds. The maximum Gasteiger partial charge on any atom is 0.194 e. The number of hydrogen-bond acceptors (Lipinski definition) is 3. The summed E-state index contributed by atoms with van der Waals surface area (Å²) in [7, 11) is 1.78. The van der Waals surface area contributed by atoms with Gasteiger partial charge in [-0.05, 0) is 31.0 Å². The van der Waals surface area contributed by atoms with Gasteiger partial charge in [0.2, 0.25) is 0 Å². The molecule has 1 atom stereocenters. The first-order valence-electron chi connectivity index (χ1n) is 9.31. The van der Waals surface area contributed by atoms with Gasteiger partial charge < -0.3 is 19.9 Å². The van der Waals surface area contributed by atoms with Crippen LogP contribution in [0.25, 0.3) is 0 Å². The Kier molecular flexibility index (Phi) is 8.71. The zero-order chi connectivity index (χ0) is 17.5. The second kappa shape index (κ2) is 10.8. The minimum atomic E-state index is 0. The van der Waals surface area contributed by atoms with Crippen molar-refractivity contribution < 1.29 is 4.74 Å². The number of nitrogens with zero attached hydrogens (tertiary/aromatic N) is 3. The molecule has 5 nitrogen and oxygen atoms in total. The summed E-state index contributed by atoms with van der Waals surface area (Å²) in [5, 5.41) is 3.43. The molecule has 2 aliphatic rings. The Morgan fingerprint density at radius 2 is 1.96 bits per heavy atom. The number of anilines is 1.